The number of nitrogens with zero attached hydrogens (tertiary/aromatic N) is 1. The molecule has 2 heterocycles. The van der Waals surface area contributed by atoms with E-state index < -0.39 is 10.0 Å². The van der Waals surface area contributed by atoms with E-state index in [2.05, 4.69) is 15.0 Å². The molecule has 4 rings (SSSR count). The minimum atomic E-state index is -3.34. The van der Waals surface area contributed by atoms with Crippen LogP contribution in [0, 0.1) is 0 Å². The Morgan fingerprint density at radius 3 is 2.63 bits per heavy atom. The Morgan fingerprint density at radius 2 is 1.90 bits per heavy atom. The van der Waals surface area contributed by atoms with E-state index in [9.17, 15) is 13.2 Å². The minimum absolute atomic E-state index is 0.306. The molecule has 30 heavy (non-hydrogen) atoms. The monoisotopic (exact) mass is 465 g/mol. The molecule has 1 amide bonds. The predicted molar refractivity (Wildman–Crippen MR) is 116 cm³/mol. The Hall–Kier alpha value is -2.82. The van der Waals surface area contributed by atoms with Gasteiger partial charge < -0.3 is 9.47 Å². The molecule has 0 saturated carbocycles. The Morgan fingerprint density at radius 1 is 1.17 bits per heavy atom. The second-order valence-corrected chi connectivity index (χ2v) is 9.44. The number of aromatic nitrogens is 1. The normalized spacial score (nSPS) is 13.0. The molecule has 8 nitrogen and oxygen atoms in total. The molecule has 0 saturated heterocycles. The van der Waals surface area contributed by atoms with Gasteiger partial charge >= 0.3 is 0 Å². The van der Waals surface area contributed by atoms with E-state index in [1.807, 2.05) is 0 Å². The third-order valence-electron chi connectivity index (χ3n) is 4.07. The van der Waals surface area contributed by atoms with Gasteiger partial charge in [0.05, 0.1) is 17.0 Å². The highest BCUT2D eigenvalue weighted by atomic mass is 35.5. The summed E-state index contributed by atoms with van der Waals surface area (Å²) in [6.45, 7) is 0.800. The number of benzene rings is 2. The molecule has 1 aliphatic heterocycles. The molecular formula is C19H16ClN3O5S2. The quantitative estimate of drug-likeness (QED) is 0.592. The van der Waals surface area contributed by atoms with Gasteiger partial charge in [0, 0.05) is 22.2 Å². The molecule has 0 aliphatic carbocycles. The van der Waals surface area contributed by atoms with Gasteiger partial charge in [-0.05, 0) is 24.3 Å². The highest BCUT2D eigenvalue weighted by Gasteiger charge is 2.20. The zero-order chi connectivity index (χ0) is 21.3. The van der Waals surface area contributed by atoms with Gasteiger partial charge in [-0.1, -0.05) is 23.7 Å². The van der Waals surface area contributed by atoms with Crippen LogP contribution in [-0.4, -0.2) is 38.8 Å². The van der Waals surface area contributed by atoms with E-state index in [4.69, 9.17) is 21.1 Å². The van der Waals surface area contributed by atoms with Gasteiger partial charge in [0.15, 0.2) is 16.6 Å². The predicted octanol–water partition coefficient (Wildman–Crippen LogP) is 3.86. The van der Waals surface area contributed by atoms with Crippen molar-refractivity contribution in [2.24, 2.45) is 0 Å². The number of ether oxygens (including phenoxy) is 2. The number of anilines is 2. The van der Waals surface area contributed by atoms with Crippen molar-refractivity contribution < 1.29 is 22.7 Å². The van der Waals surface area contributed by atoms with Crippen molar-refractivity contribution >= 4 is 49.7 Å². The van der Waals surface area contributed by atoms with E-state index >= 15 is 0 Å². The summed E-state index contributed by atoms with van der Waals surface area (Å²) < 4.78 is 36.0. The average Bonchev–Trinajstić information content (AvgIpc) is 3.16. The highest BCUT2D eigenvalue weighted by molar-refractivity contribution is 7.92. The van der Waals surface area contributed by atoms with Crippen LogP contribution < -0.4 is 19.5 Å². The summed E-state index contributed by atoms with van der Waals surface area (Å²) in [4.78, 5) is 17.0. The van der Waals surface area contributed by atoms with Crippen LogP contribution in [0.4, 0.5) is 10.8 Å². The van der Waals surface area contributed by atoms with Gasteiger partial charge in [-0.25, -0.2) is 13.4 Å². The maximum Gasteiger partial charge on any atom is 0.257 e. The number of sulfonamides is 1. The maximum absolute atomic E-state index is 12.6. The summed E-state index contributed by atoms with van der Waals surface area (Å²) in [5, 5.41) is 5.27. The van der Waals surface area contributed by atoms with Crippen LogP contribution in [0.3, 0.4) is 0 Å². The SMILES string of the molecule is CS(=O)(=O)Nc1ccc(-c2csc(NC(=O)c3cc(Cl)c4c(c3)OCCO4)n2)cc1. The van der Waals surface area contributed by atoms with Crippen LogP contribution in [0.2, 0.25) is 5.02 Å². The fourth-order valence-corrected chi connectivity index (χ4v) is 4.34. The van der Waals surface area contributed by atoms with E-state index in [1.54, 1.807) is 35.7 Å². The minimum Gasteiger partial charge on any atom is -0.486 e. The molecule has 11 heteroatoms. The molecule has 0 fully saturated rings. The van der Waals surface area contributed by atoms with E-state index in [0.717, 1.165) is 11.8 Å². The summed E-state index contributed by atoms with van der Waals surface area (Å²) in [6.07, 6.45) is 1.09. The molecule has 0 bridgehead atoms. The first kappa shape index (κ1) is 20.5. The molecule has 0 unspecified atom stereocenters. The van der Waals surface area contributed by atoms with Crippen molar-refractivity contribution in [3.8, 4) is 22.8 Å². The van der Waals surface area contributed by atoms with Crippen molar-refractivity contribution in [1.29, 1.82) is 0 Å². The van der Waals surface area contributed by atoms with Gasteiger partial charge in [0.1, 0.15) is 13.2 Å². The number of halogens is 1. The van der Waals surface area contributed by atoms with E-state index in [-0.39, 0.29) is 5.91 Å². The number of carbonyl (C=O) groups is 1. The number of hydrogen-bond acceptors (Lipinski definition) is 7. The zero-order valence-corrected chi connectivity index (χ0v) is 18.0. The van der Waals surface area contributed by atoms with Crippen molar-refractivity contribution in [2.75, 3.05) is 29.5 Å². The highest BCUT2D eigenvalue weighted by Crippen LogP contribution is 2.38. The van der Waals surface area contributed by atoms with Gasteiger partial charge in [0.25, 0.3) is 5.91 Å². The molecule has 0 spiro atoms. The smallest absolute Gasteiger partial charge is 0.257 e. The topological polar surface area (TPSA) is 107 Å². The second kappa shape index (κ2) is 8.13. The lowest BCUT2D eigenvalue weighted by molar-refractivity contribution is 0.102. The summed E-state index contributed by atoms with van der Waals surface area (Å²) in [5.74, 6) is 0.494. The lowest BCUT2D eigenvalue weighted by Crippen LogP contribution is -2.17. The number of carbonyl (C=O) groups excluding carboxylic acids is 1. The zero-order valence-electron chi connectivity index (χ0n) is 15.6. The Bertz CT molecular complexity index is 1210. The molecular weight excluding hydrogens is 450 g/mol. The summed E-state index contributed by atoms with van der Waals surface area (Å²) in [6, 6.07) is 9.88. The van der Waals surface area contributed by atoms with Crippen LogP contribution in [-0.2, 0) is 10.0 Å². The fourth-order valence-electron chi connectivity index (χ4n) is 2.80. The molecule has 156 valence electrons. The summed E-state index contributed by atoms with van der Waals surface area (Å²) in [7, 11) is -3.34. The Labute approximate surface area is 181 Å². The van der Waals surface area contributed by atoms with Crippen LogP contribution in [0.1, 0.15) is 10.4 Å². The van der Waals surface area contributed by atoms with Crippen LogP contribution >= 0.6 is 22.9 Å². The lowest BCUT2D eigenvalue weighted by atomic mass is 10.1. The number of hydrogen-bond donors (Lipinski definition) is 2. The lowest BCUT2D eigenvalue weighted by Gasteiger charge is -2.20. The standard InChI is InChI=1S/C19H16ClN3O5S2/c1-30(25,26)23-13-4-2-11(3-5-13)15-10-29-19(21-15)22-18(24)12-8-14(20)17-16(9-12)27-6-7-28-17/h2-5,8-10,23H,6-7H2,1H3,(H,21,22,24). The molecule has 2 N–H and O–H groups in total. The van der Waals surface area contributed by atoms with Crippen molar-refractivity contribution in [2.45, 2.75) is 0 Å². The molecule has 1 aromatic heterocycles. The van der Waals surface area contributed by atoms with Crippen LogP contribution in [0.25, 0.3) is 11.3 Å². The van der Waals surface area contributed by atoms with Crippen molar-refractivity contribution in [1.82, 2.24) is 4.98 Å². The first-order chi connectivity index (χ1) is 14.3. The molecule has 0 radical (unpaired) electrons. The molecule has 3 aromatic rings. The largest absolute Gasteiger partial charge is 0.486 e. The van der Waals surface area contributed by atoms with Crippen molar-refractivity contribution in [3.63, 3.8) is 0 Å². The number of rotatable bonds is 5. The number of thiazole rings is 1. The third kappa shape index (κ3) is 4.66. The summed E-state index contributed by atoms with van der Waals surface area (Å²) in [5.41, 5.74) is 2.23. The maximum atomic E-state index is 12.6. The first-order valence-electron chi connectivity index (χ1n) is 8.73. The average molecular weight is 466 g/mol. The van der Waals surface area contributed by atoms with Crippen molar-refractivity contribution in [3.05, 3.63) is 52.4 Å². The van der Waals surface area contributed by atoms with Gasteiger partial charge in [-0.3, -0.25) is 14.8 Å². The number of nitrogens with one attached hydrogen (secondary N) is 2. The summed E-state index contributed by atoms with van der Waals surface area (Å²) >= 11 is 7.46. The molecule has 2 aromatic carbocycles. The number of fused-ring (bicyclic) bond motifs is 1. The fraction of sp³-hybridized carbons (Fsp3) is 0.158. The molecule has 1 aliphatic rings. The van der Waals surface area contributed by atoms with E-state index in [0.29, 0.717) is 51.8 Å². The van der Waals surface area contributed by atoms with E-state index in [1.165, 1.54) is 17.4 Å². The second-order valence-electron chi connectivity index (χ2n) is 6.43. The third-order valence-corrected chi connectivity index (χ3v) is 5.71. The first-order valence-corrected chi connectivity index (χ1v) is 11.9. The van der Waals surface area contributed by atoms with Gasteiger partial charge in [-0.2, -0.15) is 0 Å². The van der Waals surface area contributed by atoms with Crippen LogP contribution in [0.15, 0.2) is 41.8 Å². The number of amides is 1. The van der Waals surface area contributed by atoms with Gasteiger partial charge in [-0.15, -0.1) is 11.3 Å². The Kier molecular flexibility index (Phi) is 5.54. The Balaban J connectivity index is 1.48. The van der Waals surface area contributed by atoms with Crippen LogP contribution in [0.5, 0.6) is 11.5 Å². The van der Waals surface area contributed by atoms with Gasteiger partial charge in [0.2, 0.25) is 10.0 Å². The molecule has 0 atom stereocenters.